The van der Waals surface area contributed by atoms with Crippen LogP contribution in [-0.4, -0.2) is 28.7 Å². The fraction of sp³-hybridized carbons (Fsp3) is 0.429. The van der Waals surface area contributed by atoms with Crippen molar-refractivity contribution in [3.8, 4) is 0 Å². The van der Waals surface area contributed by atoms with Gasteiger partial charge in [-0.15, -0.1) is 0 Å². The Bertz CT molecular complexity index is 537. The quantitative estimate of drug-likeness (QED) is 0.796. The number of pyridine rings is 1. The van der Waals surface area contributed by atoms with Gasteiger partial charge in [-0.2, -0.15) is 0 Å². The van der Waals surface area contributed by atoms with Crippen LogP contribution in [0.4, 0.5) is 0 Å². The molecule has 1 aromatic heterocycles. The van der Waals surface area contributed by atoms with E-state index in [1.165, 1.54) is 6.20 Å². The first-order chi connectivity index (χ1) is 9.47. The lowest BCUT2D eigenvalue weighted by Crippen LogP contribution is -2.52. The first-order valence-corrected chi connectivity index (χ1v) is 6.58. The average Bonchev–Trinajstić information content (AvgIpc) is 2.42. The summed E-state index contributed by atoms with van der Waals surface area (Å²) in [6, 6.07) is 2.82. The Morgan fingerprint density at radius 1 is 1.40 bits per heavy atom. The second-order valence-electron chi connectivity index (χ2n) is 5.10. The SMILES string of the molecule is CC(C)c1ccc(C(=O)N[C@@H]2CCC(=O)NC2=O)cn1. The Balaban J connectivity index is 2.01. The van der Waals surface area contributed by atoms with E-state index in [0.29, 0.717) is 17.9 Å². The van der Waals surface area contributed by atoms with Gasteiger partial charge in [-0.1, -0.05) is 13.8 Å². The third-order valence-electron chi connectivity index (χ3n) is 3.18. The molecular formula is C14H17N3O3. The molecule has 3 amide bonds. The number of carbonyl (C=O) groups excluding carboxylic acids is 3. The van der Waals surface area contributed by atoms with Crippen LogP contribution in [0.25, 0.3) is 0 Å². The predicted molar refractivity (Wildman–Crippen MR) is 72.0 cm³/mol. The number of rotatable bonds is 3. The van der Waals surface area contributed by atoms with Crippen molar-refractivity contribution in [3.63, 3.8) is 0 Å². The van der Waals surface area contributed by atoms with Crippen LogP contribution < -0.4 is 10.6 Å². The first kappa shape index (κ1) is 14.2. The Labute approximate surface area is 117 Å². The van der Waals surface area contributed by atoms with Gasteiger partial charge in [-0.3, -0.25) is 24.7 Å². The molecule has 1 fully saturated rings. The van der Waals surface area contributed by atoms with Crippen LogP contribution in [0.2, 0.25) is 0 Å². The van der Waals surface area contributed by atoms with Crippen LogP contribution in [0.15, 0.2) is 18.3 Å². The molecule has 0 spiro atoms. The van der Waals surface area contributed by atoms with Crippen LogP contribution in [-0.2, 0) is 9.59 Å². The van der Waals surface area contributed by atoms with E-state index in [2.05, 4.69) is 15.6 Å². The van der Waals surface area contributed by atoms with Crippen molar-refractivity contribution >= 4 is 17.7 Å². The van der Waals surface area contributed by atoms with Gasteiger partial charge in [-0.05, 0) is 24.5 Å². The molecule has 1 aliphatic rings. The molecule has 0 bridgehead atoms. The number of nitrogens with one attached hydrogen (secondary N) is 2. The summed E-state index contributed by atoms with van der Waals surface area (Å²) in [5.41, 5.74) is 1.31. The summed E-state index contributed by atoms with van der Waals surface area (Å²) in [5, 5.41) is 4.81. The van der Waals surface area contributed by atoms with E-state index in [0.717, 1.165) is 5.69 Å². The molecule has 20 heavy (non-hydrogen) atoms. The number of carbonyl (C=O) groups is 3. The second kappa shape index (κ2) is 5.81. The van der Waals surface area contributed by atoms with Gasteiger partial charge in [0.1, 0.15) is 6.04 Å². The Kier molecular flexibility index (Phi) is 4.12. The van der Waals surface area contributed by atoms with Crippen LogP contribution in [0.5, 0.6) is 0 Å². The summed E-state index contributed by atoms with van der Waals surface area (Å²) >= 11 is 0. The van der Waals surface area contributed by atoms with Crippen molar-refractivity contribution < 1.29 is 14.4 Å². The zero-order valence-electron chi connectivity index (χ0n) is 11.5. The molecule has 0 aliphatic carbocycles. The fourth-order valence-electron chi connectivity index (χ4n) is 1.95. The molecule has 1 atom stereocenters. The molecule has 2 heterocycles. The predicted octanol–water partition coefficient (Wildman–Crippen LogP) is 0.740. The highest BCUT2D eigenvalue weighted by molar-refractivity contribution is 6.03. The molecule has 1 aliphatic heterocycles. The summed E-state index contributed by atoms with van der Waals surface area (Å²) in [5.74, 6) is -0.825. The first-order valence-electron chi connectivity index (χ1n) is 6.58. The third kappa shape index (κ3) is 3.20. The molecule has 1 aromatic rings. The van der Waals surface area contributed by atoms with Crippen molar-refractivity contribution in [1.82, 2.24) is 15.6 Å². The summed E-state index contributed by atoms with van der Waals surface area (Å²) in [4.78, 5) is 38.8. The fourth-order valence-corrected chi connectivity index (χ4v) is 1.95. The lowest BCUT2D eigenvalue weighted by Gasteiger charge is -2.21. The Morgan fingerprint density at radius 2 is 2.15 bits per heavy atom. The Morgan fingerprint density at radius 3 is 2.70 bits per heavy atom. The van der Waals surface area contributed by atoms with E-state index in [1.807, 2.05) is 13.8 Å². The van der Waals surface area contributed by atoms with Crippen LogP contribution in [0, 0.1) is 0 Å². The van der Waals surface area contributed by atoms with Gasteiger partial charge in [0, 0.05) is 18.3 Å². The monoisotopic (exact) mass is 275 g/mol. The second-order valence-corrected chi connectivity index (χ2v) is 5.10. The number of nitrogens with zero attached hydrogens (tertiary/aromatic N) is 1. The molecule has 6 nitrogen and oxygen atoms in total. The normalized spacial score (nSPS) is 18.9. The minimum Gasteiger partial charge on any atom is -0.340 e. The number of hydrogen-bond donors (Lipinski definition) is 2. The molecule has 6 heteroatoms. The van der Waals surface area contributed by atoms with Crippen LogP contribution in [0.3, 0.4) is 0 Å². The summed E-state index contributed by atoms with van der Waals surface area (Å²) in [7, 11) is 0. The highest BCUT2D eigenvalue weighted by Crippen LogP contribution is 2.12. The van der Waals surface area contributed by atoms with Crippen molar-refractivity contribution in [2.75, 3.05) is 0 Å². The lowest BCUT2D eigenvalue weighted by molar-refractivity contribution is -0.134. The number of aromatic nitrogens is 1. The van der Waals surface area contributed by atoms with Gasteiger partial charge in [0.15, 0.2) is 0 Å². The lowest BCUT2D eigenvalue weighted by atomic mass is 10.1. The molecule has 2 rings (SSSR count). The maximum Gasteiger partial charge on any atom is 0.253 e. The van der Waals surface area contributed by atoms with Gasteiger partial charge in [0.2, 0.25) is 11.8 Å². The van der Waals surface area contributed by atoms with Crippen molar-refractivity contribution in [2.45, 2.75) is 38.6 Å². The molecule has 0 aromatic carbocycles. The van der Waals surface area contributed by atoms with Crippen LogP contribution >= 0.6 is 0 Å². The van der Waals surface area contributed by atoms with Gasteiger partial charge < -0.3 is 5.32 Å². The average molecular weight is 275 g/mol. The highest BCUT2D eigenvalue weighted by Gasteiger charge is 2.28. The minimum atomic E-state index is -0.662. The zero-order valence-corrected chi connectivity index (χ0v) is 11.5. The molecule has 0 unspecified atom stereocenters. The van der Waals surface area contributed by atoms with Gasteiger partial charge in [0.05, 0.1) is 5.56 Å². The van der Waals surface area contributed by atoms with E-state index in [1.54, 1.807) is 12.1 Å². The number of piperidine rings is 1. The summed E-state index contributed by atoms with van der Waals surface area (Å²) < 4.78 is 0. The minimum absolute atomic E-state index is 0.237. The third-order valence-corrected chi connectivity index (χ3v) is 3.18. The highest BCUT2D eigenvalue weighted by atomic mass is 16.2. The van der Waals surface area contributed by atoms with Crippen molar-refractivity contribution in [2.24, 2.45) is 0 Å². The molecule has 1 saturated heterocycles. The number of imide groups is 1. The number of hydrogen-bond acceptors (Lipinski definition) is 4. The van der Waals surface area contributed by atoms with Gasteiger partial charge in [0.25, 0.3) is 5.91 Å². The largest absolute Gasteiger partial charge is 0.340 e. The van der Waals surface area contributed by atoms with E-state index in [9.17, 15) is 14.4 Å². The maximum absolute atomic E-state index is 12.0. The zero-order chi connectivity index (χ0) is 14.7. The smallest absolute Gasteiger partial charge is 0.253 e. The van der Waals surface area contributed by atoms with Gasteiger partial charge in [-0.25, -0.2) is 0 Å². The molecular weight excluding hydrogens is 258 g/mol. The summed E-state index contributed by atoms with van der Waals surface area (Å²) in [6.45, 7) is 4.04. The van der Waals surface area contributed by atoms with Crippen LogP contribution in [0.1, 0.15) is 48.7 Å². The molecule has 106 valence electrons. The Hall–Kier alpha value is -2.24. The standard InChI is InChI=1S/C14H17N3O3/c1-8(2)10-4-3-9(7-15-10)13(19)16-11-5-6-12(18)17-14(11)20/h3-4,7-8,11H,5-6H2,1-2H3,(H,16,19)(H,17,18,20)/t11-/m1/s1. The van der Waals surface area contributed by atoms with Gasteiger partial charge >= 0.3 is 0 Å². The topological polar surface area (TPSA) is 88.2 Å². The molecule has 0 radical (unpaired) electrons. The number of amides is 3. The van der Waals surface area contributed by atoms with E-state index in [4.69, 9.17) is 0 Å². The van der Waals surface area contributed by atoms with Crippen molar-refractivity contribution in [1.29, 1.82) is 0 Å². The van der Waals surface area contributed by atoms with Crippen molar-refractivity contribution in [3.05, 3.63) is 29.6 Å². The molecule has 2 N–H and O–H groups in total. The maximum atomic E-state index is 12.0. The van der Waals surface area contributed by atoms with E-state index < -0.39 is 11.9 Å². The summed E-state index contributed by atoms with van der Waals surface area (Å²) in [6.07, 6.45) is 2.06. The van der Waals surface area contributed by atoms with E-state index >= 15 is 0 Å². The van der Waals surface area contributed by atoms with E-state index in [-0.39, 0.29) is 18.2 Å². The molecule has 0 saturated carbocycles.